The summed E-state index contributed by atoms with van der Waals surface area (Å²) in [5, 5.41) is 10.2. The number of aliphatic hydroxyl groups excluding tert-OH is 1. The predicted molar refractivity (Wildman–Crippen MR) is 123 cm³/mol. The van der Waals surface area contributed by atoms with Crippen LogP contribution in [-0.4, -0.2) is 24.3 Å². The molecule has 30 heavy (non-hydrogen) atoms. The van der Waals surface area contributed by atoms with Gasteiger partial charge in [-0.3, -0.25) is 4.79 Å². The van der Waals surface area contributed by atoms with Gasteiger partial charge in [-0.25, -0.2) is 0 Å². The number of hydrogen-bond donors (Lipinski definition) is 1. The van der Waals surface area contributed by atoms with Gasteiger partial charge in [0.1, 0.15) is 0 Å². The molecule has 3 nitrogen and oxygen atoms in total. The monoisotopic (exact) mass is 418 g/mol. The standard InChI is InChI=1S/C25H42O3.C2H4/c1-24-15-13-22-20(10-8-18-16-19(26)12-14-25(18,22)2)21(24)11-9-17(24)6-4-5-7-23(27)28-3;1-2/h17-22,26H,4-16H2,1-3H3;1-2H2. The fourth-order valence-electron chi connectivity index (χ4n) is 8.58. The van der Waals surface area contributed by atoms with Crippen LogP contribution in [0.2, 0.25) is 0 Å². The molecule has 172 valence electrons. The molecule has 3 heteroatoms. The van der Waals surface area contributed by atoms with Crippen LogP contribution in [0.5, 0.6) is 0 Å². The molecule has 4 aliphatic carbocycles. The van der Waals surface area contributed by atoms with Crippen LogP contribution in [0.1, 0.15) is 97.3 Å². The van der Waals surface area contributed by atoms with Crippen molar-refractivity contribution in [3.05, 3.63) is 13.2 Å². The molecule has 0 amide bonds. The summed E-state index contributed by atoms with van der Waals surface area (Å²) in [5.74, 6) is 4.30. The SMILES string of the molecule is C=C.COC(=O)CCCCC1CCC2C3CCC4CC(O)CCC4(C)C3CCC12C. The van der Waals surface area contributed by atoms with Gasteiger partial charge in [-0.05, 0) is 111 Å². The molecule has 0 aliphatic heterocycles. The van der Waals surface area contributed by atoms with E-state index in [9.17, 15) is 9.90 Å². The molecule has 4 saturated carbocycles. The van der Waals surface area contributed by atoms with E-state index < -0.39 is 0 Å². The molecule has 4 fully saturated rings. The molecule has 4 rings (SSSR count). The number of methoxy groups -OCH3 is 1. The Morgan fingerprint density at radius 1 is 0.967 bits per heavy atom. The zero-order valence-electron chi connectivity index (χ0n) is 19.8. The van der Waals surface area contributed by atoms with Crippen LogP contribution in [0, 0.1) is 40.4 Å². The fourth-order valence-corrected chi connectivity index (χ4v) is 8.58. The maximum atomic E-state index is 11.4. The van der Waals surface area contributed by atoms with Gasteiger partial charge in [0, 0.05) is 6.42 Å². The zero-order chi connectivity index (χ0) is 21.9. The average molecular weight is 419 g/mol. The van der Waals surface area contributed by atoms with Crippen molar-refractivity contribution < 1.29 is 14.6 Å². The third-order valence-corrected chi connectivity index (χ3v) is 10.2. The largest absolute Gasteiger partial charge is 0.469 e. The fraction of sp³-hybridized carbons (Fsp3) is 0.889. The second kappa shape index (κ2) is 9.76. The summed E-state index contributed by atoms with van der Waals surface area (Å²) in [5.41, 5.74) is 1.02. The molecule has 0 spiro atoms. The number of rotatable bonds is 5. The Morgan fingerprint density at radius 2 is 1.67 bits per heavy atom. The second-order valence-corrected chi connectivity index (χ2v) is 11.2. The van der Waals surface area contributed by atoms with Gasteiger partial charge in [0.05, 0.1) is 13.2 Å². The number of hydrogen-bond acceptors (Lipinski definition) is 3. The van der Waals surface area contributed by atoms with Gasteiger partial charge in [-0.1, -0.05) is 20.3 Å². The lowest BCUT2D eigenvalue weighted by Crippen LogP contribution is -2.53. The highest BCUT2D eigenvalue weighted by atomic mass is 16.5. The van der Waals surface area contributed by atoms with Crippen LogP contribution in [0.4, 0.5) is 0 Å². The minimum absolute atomic E-state index is 0.0377. The van der Waals surface area contributed by atoms with E-state index in [1.54, 1.807) is 0 Å². The molecule has 8 unspecified atom stereocenters. The topological polar surface area (TPSA) is 46.5 Å². The number of esters is 1. The van der Waals surface area contributed by atoms with Crippen molar-refractivity contribution in [3.8, 4) is 0 Å². The van der Waals surface area contributed by atoms with E-state index in [-0.39, 0.29) is 12.1 Å². The van der Waals surface area contributed by atoms with E-state index in [1.807, 2.05) is 0 Å². The number of unbranched alkanes of at least 4 members (excludes halogenated alkanes) is 1. The lowest BCUT2D eigenvalue weighted by molar-refractivity contribution is -0.140. The molecule has 0 bridgehead atoms. The second-order valence-electron chi connectivity index (χ2n) is 11.2. The van der Waals surface area contributed by atoms with Crippen LogP contribution >= 0.6 is 0 Å². The van der Waals surface area contributed by atoms with Gasteiger partial charge < -0.3 is 9.84 Å². The molecular weight excluding hydrogens is 372 g/mol. The maximum absolute atomic E-state index is 11.4. The van der Waals surface area contributed by atoms with Crippen molar-refractivity contribution in [1.29, 1.82) is 0 Å². The minimum atomic E-state index is -0.0568. The van der Waals surface area contributed by atoms with Gasteiger partial charge in [0.15, 0.2) is 0 Å². The first kappa shape index (κ1) is 23.8. The number of fused-ring (bicyclic) bond motifs is 5. The highest BCUT2D eigenvalue weighted by Gasteiger charge is 2.59. The third kappa shape index (κ3) is 4.25. The molecule has 1 N–H and O–H groups in total. The van der Waals surface area contributed by atoms with Crippen molar-refractivity contribution in [1.82, 2.24) is 0 Å². The third-order valence-electron chi connectivity index (χ3n) is 10.2. The van der Waals surface area contributed by atoms with Crippen molar-refractivity contribution in [2.75, 3.05) is 7.11 Å². The van der Waals surface area contributed by atoms with E-state index in [0.29, 0.717) is 17.3 Å². The lowest BCUT2D eigenvalue weighted by Gasteiger charge is -2.61. The molecular formula is C27H46O3. The molecule has 0 saturated heterocycles. The summed E-state index contributed by atoms with van der Waals surface area (Å²) < 4.78 is 4.79. The molecule has 0 heterocycles. The molecule has 0 aromatic carbocycles. The zero-order valence-corrected chi connectivity index (χ0v) is 19.8. The van der Waals surface area contributed by atoms with Crippen molar-refractivity contribution in [2.24, 2.45) is 40.4 Å². The van der Waals surface area contributed by atoms with E-state index in [2.05, 4.69) is 27.0 Å². The van der Waals surface area contributed by atoms with Gasteiger partial charge in [-0.2, -0.15) is 0 Å². The Labute approximate surface area is 185 Å². The first-order chi connectivity index (χ1) is 14.4. The smallest absolute Gasteiger partial charge is 0.305 e. The van der Waals surface area contributed by atoms with Crippen LogP contribution in [0.3, 0.4) is 0 Å². The van der Waals surface area contributed by atoms with E-state index in [4.69, 9.17) is 4.74 Å². The van der Waals surface area contributed by atoms with Crippen molar-refractivity contribution in [2.45, 2.75) is 103 Å². The summed E-state index contributed by atoms with van der Waals surface area (Å²) in [4.78, 5) is 11.4. The highest BCUT2D eigenvalue weighted by molar-refractivity contribution is 5.68. The molecule has 0 aromatic heterocycles. The summed E-state index contributed by atoms with van der Waals surface area (Å²) in [6, 6.07) is 0. The predicted octanol–water partition coefficient (Wildman–Crippen LogP) is 6.54. The van der Waals surface area contributed by atoms with Gasteiger partial charge in [-0.15, -0.1) is 13.2 Å². The molecule has 0 radical (unpaired) electrons. The first-order valence-corrected chi connectivity index (χ1v) is 12.6. The highest BCUT2D eigenvalue weighted by Crippen LogP contribution is 2.67. The Kier molecular flexibility index (Phi) is 7.75. The van der Waals surface area contributed by atoms with Crippen molar-refractivity contribution >= 4 is 5.97 Å². The van der Waals surface area contributed by atoms with Gasteiger partial charge >= 0.3 is 5.97 Å². The lowest BCUT2D eigenvalue weighted by atomic mass is 9.44. The Hall–Kier alpha value is -0.830. The van der Waals surface area contributed by atoms with Crippen LogP contribution in [-0.2, 0) is 9.53 Å². The van der Waals surface area contributed by atoms with E-state index in [1.165, 1.54) is 64.9 Å². The average Bonchev–Trinajstić information content (AvgIpc) is 3.09. The van der Waals surface area contributed by atoms with Crippen molar-refractivity contribution in [3.63, 3.8) is 0 Å². The molecule has 0 aromatic rings. The van der Waals surface area contributed by atoms with Crippen LogP contribution in [0.25, 0.3) is 0 Å². The minimum Gasteiger partial charge on any atom is -0.469 e. The quantitative estimate of drug-likeness (QED) is 0.313. The maximum Gasteiger partial charge on any atom is 0.305 e. The Balaban J connectivity index is 0.00000124. The van der Waals surface area contributed by atoms with Gasteiger partial charge in [0.25, 0.3) is 0 Å². The normalized spacial score (nSPS) is 44.7. The molecule has 8 atom stereocenters. The first-order valence-electron chi connectivity index (χ1n) is 12.6. The number of ether oxygens (including phenoxy) is 1. The summed E-state index contributed by atoms with van der Waals surface area (Å²) >= 11 is 0. The van der Waals surface area contributed by atoms with Crippen LogP contribution in [0.15, 0.2) is 13.2 Å². The Morgan fingerprint density at radius 3 is 2.40 bits per heavy atom. The van der Waals surface area contributed by atoms with Crippen LogP contribution < -0.4 is 0 Å². The summed E-state index contributed by atoms with van der Waals surface area (Å²) in [6.07, 6.45) is 15.8. The number of carbonyl (C=O) groups is 1. The summed E-state index contributed by atoms with van der Waals surface area (Å²) in [6.45, 7) is 11.2. The molecule has 4 aliphatic rings. The number of carbonyl (C=O) groups excluding carboxylic acids is 1. The van der Waals surface area contributed by atoms with E-state index in [0.717, 1.165) is 48.9 Å². The van der Waals surface area contributed by atoms with E-state index >= 15 is 0 Å². The Bertz CT molecular complexity index is 589. The number of aliphatic hydroxyl groups is 1. The van der Waals surface area contributed by atoms with Gasteiger partial charge in [0.2, 0.25) is 0 Å². The summed E-state index contributed by atoms with van der Waals surface area (Å²) in [7, 11) is 1.49.